The third kappa shape index (κ3) is 12.6. The third-order valence-electron chi connectivity index (χ3n) is 3.19. The van der Waals surface area contributed by atoms with Crippen LogP contribution in [0, 0.1) is 5.92 Å². The number of ether oxygens (including phenoxy) is 1. The Balaban J connectivity index is 0. The van der Waals surface area contributed by atoms with Crippen LogP contribution in [0.15, 0.2) is 0 Å². The molecule has 0 bridgehead atoms. The smallest absolute Gasteiger partial charge is 0.317 e. The van der Waals surface area contributed by atoms with E-state index in [4.69, 9.17) is 4.74 Å². The van der Waals surface area contributed by atoms with Gasteiger partial charge in [0.2, 0.25) is 0 Å². The fourth-order valence-corrected chi connectivity index (χ4v) is 1.68. The molecule has 0 aromatic carbocycles. The van der Waals surface area contributed by atoms with E-state index in [0.717, 1.165) is 13.2 Å². The van der Waals surface area contributed by atoms with Crippen molar-refractivity contribution in [2.24, 2.45) is 5.92 Å². The lowest BCUT2D eigenvalue weighted by Gasteiger charge is -2.19. The van der Waals surface area contributed by atoms with Gasteiger partial charge in [-0.1, -0.05) is 27.7 Å². The van der Waals surface area contributed by atoms with E-state index in [1.54, 1.807) is 4.90 Å². The Labute approximate surface area is 136 Å². The molecule has 0 aliphatic carbocycles. The summed E-state index contributed by atoms with van der Waals surface area (Å²) in [4.78, 5) is 24.3. The first-order valence-corrected chi connectivity index (χ1v) is 8.66. The molecular weight excluding hydrogens is 280 g/mol. The zero-order chi connectivity index (χ0) is 17.4. The number of nitrogens with one attached hydrogen (secondary N) is 1. The summed E-state index contributed by atoms with van der Waals surface area (Å²) < 4.78 is 5.07. The van der Waals surface area contributed by atoms with Crippen molar-refractivity contribution >= 4 is 11.8 Å². The Morgan fingerprint density at radius 3 is 1.82 bits per heavy atom. The molecule has 0 aromatic rings. The molecule has 1 N–H and O–H groups in total. The zero-order valence-electron chi connectivity index (χ0n) is 15.4. The summed E-state index contributed by atoms with van der Waals surface area (Å²) in [6.45, 7) is 14.9. The second-order valence-corrected chi connectivity index (χ2v) is 5.13. The van der Waals surface area contributed by atoms with Crippen molar-refractivity contribution in [2.45, 2.75) is 60.8 Å². The molecule has 0 aromatic heterocycles. The maximum absolute atomic E-state index is 11.4. The molecular formula is C17H36N2O3. The molecule has 1 fully saturated rings. The van der Waals surface area contributed by atoms with Gasteiger partial charge in [-0.3, -0.25) is 4.79 Å². The van der Waals surface area contributed by atoms with Gasteiger partial charge in [-0.2, -0.15) is 0 Å². The molecule has 5 heteroatoms. The predicted octanol–water partition coefficient (Wildman–Crippen LogP) is 3.48. The van der Waals surface area contributed by atoms with Crippen LogP contribution >= 0.6 is 0 Å². The number of Topliss-reactive ketones (excluding diaryl/α,β-unsaturated/α-hetero) is 1. The summed E-state index contributed by atoms with van der Waals surface area (Å²) in [5.74, 6) is 0.0394. The van der Waals surface area contributed by atoms with E-state index in [9.17, 15) is 9.59 Å². The quantitative estimate of drug-likeness (QED) is 0.845. The summed E-state index contributed by atoms with van der Waals surface area (Å²) in [6.07, 6.45) is 3.93. The number of hydrogen-bond acceptors (Lipinski definition) is 3. The molecule has 1 saturated heterocycles. The Bertz CT molecular complexity index is 262. The Kier molecular flexibility index (Phi) is 17.1. The van der Waals surface area contributed by atoms with E-state index >= 15 is 0 Å². The first kappa shape index (κ1) is 23.2. The topological polar surface area (TPSA) is 58.6 Å². The van der Waals surface area contributed by atoms with Gasteiger partial charge < -0.3 is 15.0 Å². The molecule has 5 nitrogen and oxygen atoms in total. The fraction of sp³-hybridized carbons (Fsp3) is 0.882. The SMILES string of the molecule is C1CCOCC1.CC.CCN(CC)C(=O)NCC(=O)C(C)C. The van der Waals surface area contributed by atoms with Gasteiger partial charge in [0.05, 0.1) is 6.54 Å². The van der Waals surface area contributed by atoms with E-state index in [0.29, 0.717) is 13.1 Å². The van der Waals surface area contributed by atoms with Crippen molar-refractivity contribution in [2.75, 3.05) is 32.8 Å². The van der Waals surface area contributed by atoms with Gasteiger partial charge >= 0.3 is 6.03 Å². The summed E-state index contributed by atoms with van der Waals surface area (Å²) in [7, 11) is 0. The fourth-order valence-electron chi connectivity index (χ4n) is 1.68. The van der Waals surface area contributed by atoms with Gasteiger partial charge in [-0.25, -0.2) is 4.79 Å². The molecule has 1 rings (SSSR count). The van der Waals surface area contributed by atoms with Crippen molar-refractivity contribution in [3.63, 3.8) is 0 Å². The second kappa shape index (κ2) is 16.3. The average molecular weight is 316 g/mol. The first-order valence-electron chi connectivity index (χ1n) is 8.66. The maximum Gasteiger partial charge on any atom is 0.317 e. The standard InChI is InChI=1S/C10H20N2O2.C5H10O.C2H6/c1-5-12(6-2)10(14)11-7-9(13)8(3)4;1-2-4-6-5-3-1;1-2/h8H,5-7H2,1-4H3,(H,11,14);1-5H2;1-2H3. The van der Waals surface area contributed by atoms with Crippen LogP contribution < -0.4 is 5.32 Å². The lowest BCUT2D eigenvalue weighted by atomic mass is 10.1. The van der Waals surface area contributed by atoms with Gasteiger partial charge in [0, 0.05) is 32.2 Å². The predicted molar refractivity (Wildman–Crippen MR) is 92.2 cm³/mol. The van der Waals surface area contributed by atoms with E-state index < -0.39 is 0 Å². The van der Waals surface area contributed by atoms with Crippen molar-refractivity contribution in [1.29, 1.82) is 0 Å². The van der Waals surface area contributed by atoms with Gasteiger partial charge in [-0.05, 0) is 33.1 Å². The number of ketones is 1. The number of nitrogens with zero attached hydrogens (tertiary/aromatic N) is 1. The highest BCUT2D eigenvalue weighted by Crippen LogP contribution is 2.02. The van der Waals surface area contributed by atoms with Crippen LogP contribution in [0.5, 0.6) is 0 Å². The van der Waals surface area contributed by atoms with E-state index in [1.165, 1.54) is 19.3 Å². The van der Waals surface area contributed by atoms with Crippen LogP contribution in [0.25, 0.3) is 0 Å². The lowest BCUT2D eigenvalue weighted by Crippen LogP contribution is -2.42. The largest absolute Gasteiger partial charge is 0.381 e. The number of amides is 2. The summed E-state index contributed by atoms with van der Waals surface area (Å²) in [5.41, 5.74) is 0. The number of hydrogen-bond donors (Lipinski definition) is 1. The highest BCUT2D eigenvalue weighted by molar-refractivity contribution is 5.86. The van der Waals surface area contributed by atoms with Crippen LogP contribution in [0.1, 0.15) is 60.8 Å². The van der Waals surface area contributed by atoms with Gasteiger partial charge in [0.15, 0.2) is 5.78 Å². The second-order valence-electron chi connectivity index (χ2n) is 5.13. The highest BCUT2D eigenvalue weighted by Gasteiger charge is 2.12. The third-order valence-corrected chi connectivity index (χ3v) is 3.19. The van der Waals surface area contributed by atoms with Crippen molar-refractivity contribution in [3.05, 3.63) is 0 Å². The van der Waals surface area contributed by atoms with Gasteiger partial charge in [0.25, 0.3) is 0 Å². The Morgan fingerprint density at radius 1 is 1.05 bits per heavy atom. The molecule has 0 atom stereocenters. The highest BCUT2D eigenvalue weighted by atomic mass is 16.5. The molecule has 1 aliphatic rings. The normalized spacial score (nSPS) is 13.2. The molecule has 22 heavy (non-hydrogen) atoms. The molecule has 1 heterocycles. The molecule has 2 amide bonds. The lowest BCUT2D eigenvalue weighted by molar-refractivity contribution is -0.120. The molecule has 132 valence electrons. The van der Waals surface area contributed by atoms with Crippen molar-refractivity contribution < 1.29 is 14.3 Å². The summed E-state index contributed by atoms with van der Waals surface area (Å²) in [5, 5.41) is 2.60. The number of carbonyl (C=O) groups is 2. The minimum Gasteiger partial charge on any atom is -0.381 e. The van der Waals surface area contributed by atoms with Crippen LogP contribution in [-0.4, -0.2) is 49.6 Å². The van der Waals surface area contributed by atoms with Crippen LogP contribution in [0.2, 0.25) is 0 Å². The van der Waals surface area contributed by atoms with E-state index in [2.05, 4.69) is 5.32 Å². The molecule has 0 saturated carbocycles. The molecule has 0 spiro atoms. The maximum atomic E-state index is 11.4. The Morgan fingerprint density at radius 2 is 1.55 bits per heavy atom. The minimum atomic E-state index is -0.163. The van der Waals surface area contributed by atoms with E-state index in [-0.39, 0.29) is 24.3 Å². The summed E-state index contributed by atoms with van der Waals surface area (Å²) in [6, 6.07) is -0.163. The van der Waals surface area contributed by atoms with Gasteiger partial charge in [-0.15, -0.1) is 0 Å². The molecule has 0 unspecified atom stereocenters. The number of urea groups is 1. The minimum absolute atomic E-state index is 0.0213. The van der Waals surface area contributed by atoms with Crippen molar-refractivity contribution in [1.82, 2.24) is 10.2 Å². The van der Waals surface area contributed by atoms with Crippen LogP contribution in [-0.2, 0) is 9.53 Å². The Hall–Kier alpha value is -1.10. The molecule has 0 radical (unpaired) electrons. The van der Waals surface area contributed by atoms with Crippen LogP contribution in [0.4, 0.5) is 4.79 Å². The van der Waals surface area contributed by atoms with Crippen molar-refractivity contribution in [3.8, 4) is 0 Å². The number of carbonyl (C=O) groups excluding carboxylic acids is 2. The monoisotopic (exact) mass is 316 g/mol. The molecule has 1 aliphatic heterocycles. The van der Waals surface area contributed by atoms with E-state index in [1.807, 2.05) is 41.5 Å². The number of rotatable bonds is 5. The first-order chi connectivity index (χ1) is 10.5. The average Bonchev–Trinajstić information content (AvgIpc) is 2.57. The van der Waals surface area contributed by atoms with Gasteiger partial charge in [0.1, 0.15) is 0 Å². The van der Waals surface area contributed by atoms with Crippen LogP contribution in [0.3, 0.4) is 0 Å². The zero-order valence-corrected chi connectivity index (χ0v) is 15.4. The summed E-state index contributed by atoms with van der Waals surface area (Å²) >= 11 is 0.